The first-order chi connectivity index (χ1) is 15.2. The number of halogens is 4. The summed E-state index contributed by atoms with van der Waals surface area (Å²) in [5.41, 5.74) is -1.35. The molecule has 174 valence electrons. The minimum absolute atomic E-state index is 0.0273. The lowest BCUT2D eigenvalue weighted by Crippen LogP contribution is -2.49. The quantitative estimate of drug-likeness (QED) is 0.646. The maximum absolute atomic E-state index is 15.1. The predicted molar refractivity (Wildman–Crippen MR) is 103 cm³/mol. The molecular weight excluding hydrogens is 436 g/mol. The van der Waals surface area contributed by atoms with Gasteiger partial charge in [-0.3, -0.25) is 9.36 Å². The lowest BCUT2D eigenvalue weighted by atomic mass is 10.1. The lowest BCUT2D eigenvalue weighted by molar-refractivity contribution is -0.171. The van der Waals surface area contributed by atoms with Crippen molar-refractivity contribution in [3.63, 3.8) is 0 Å². The number of alkyl halides is 3. The highest BCUT2D eigenvalue weighted by Gasteiger charge is 2.47. The molecule has 1 saturated heterocycles. The molecule has 4 heterocycles. The maximum atomic E-state index is 15.1. The Morgan fingerprint density at radius 2 is 1.94 bits per heavy atom. The van der Waals surface area contributed by atoms with Crippen molar-refractivity contribution in [2.45, 2.75) is 56.9 Å². The fourth-order valence-electron chi connectivity index (χ4n) is 4.20. The molecule has 2 aromatic heterocycles. The smallest absolute Gasteiger partial charge is 0.377 e. The van der Waals surface area contributed by atoms with Gasteiger partial charge in [0.15, 0.2) is 11.6 Å². The van der Waals surface area contributed by atoms with E-state index in [9.17, 15) is 18.0 Å². The maximum Gasteiger partial charge on any atom is 0.409 e. The highest BCUT2D eigenvalue weighted by atomic mass is 19.4. The molecule has 0 radical (unpaired) electrons. The van der Waals surface area contributed by atoms with Crippen LogP contribution in [0.3, 0.4) is 0 Å². The largest absolute Gasteiger partial charge is 0.409 e. The fraction of sp³-hybridized carbons (Fsp3) is 0.684. The fourth-order valence-corrected chi connectivity index (χ4v) is 4.20. The van der Waals surface area contributed by atoms with Gasteiger partial charge in [0.25, 0.3) is 5.56 Å². The van der Waals surface area contributed by atoms with Crippen LogP contribution in [0.25, 0.3) is 0 Å². The molecule has 0 N–H and O–H groups in total. The van der Waals surface area contributed by atoms with Crippen LogP contribution in [-0.2, 0) is 11.3 Å². The summed E-state index contributed by atoms with van der Waals surface area (Å²) >= 11 is 0. The van der Waals surface area contributed by atoms with Crippen molar-refractivity contribution in [2.24, 2.45) is 0 Å². The van der Waals surface area contributed by atoms with Crippen molar-refractivity contribution in [3.8, 4) is 0 Å². The average Bonchev–Trinajstić information content (AvgIpc) is 3.49. The van der Waals surface area contributed by atoms with Crippen LogP contribution in [0.5, 0.6) is 0 Å². The molecule has 1 aliphatic carbocycles. The van der Waals surface area contributed by atoms with Gasteiger partial charge in [-0.2, -0.15) is 27.5 Å². The molecule has 13 heteroatoms. The van der Waals surface area contributed by atoms with E-state index < -0.39 is 30.0 Å². The van der Waals surface area contributed by atoms with Crippen molar-refractivity contribution in [3.05, 3.63) is 27.9 Å². The molecule has 5 rings (SSSR count). The van der Waals surface area contributed by atoms with Crippen molar-refractivity contribution in [1.82, 2.24) is 19.7 Å². The summed E-state index contributed by atoms with van der Waals surface area (Å²) in [4.78, 5) is 24.4. The van der Waals surface area contributed by atoms with Gasteiger partial charge in [0, 0.05) is 19.0 Å². The van der Waals surface area contributed by atoms with Gasteiger partial charge < -0.3 is 19.1 Å². The number of morpholine rings is 1. The highest BCUT2D eigenvalue weighted by Crippen LogP contribution is 2.40. The predicted octanol–water partition coefficient (Wildman–Crippen LogP) is 2.38. The van der Waals surface area contributed by atoms with E-state index in [1.807, 2.05) is 0 Å². The second-order valence-electron chi connectivity index (χ2n) is 8.43. The molecule has 3 aliphatic rings. The normalized spacial score (nSPS) is 24.0. The van der Waals surface area contributed by atoms with Crippen molar-refractivity contribution < 1.29 is 26.8 Å². The van der Waals surface area contributed by atoms with E-state index >= 15 is 4.39 Å². The van der Waals surface area contributed by atoms with E-state index in [0.29, 0.717) is 23.6 Å². The summed E-state index contributed by atoms with van der Waals surface area (Å²) in [5.74, 6) is -0.799. The molecule has 1 saturated carbocycles. The third kappa shape index (κ3) is 3.71. The summed E-state index contributed by atoms with van der Waals surface area (Å²) in [6.07, 6.45) is -3.21. The van der Waals surface area contributed by atoms with Crippen LogP contribution in [0, 0.1) is 5.82 Å². The third-order valence-corrected chi connectivity index (χ3v) is 6.06. The Morgan fingerprint density at radius 1 is 1.16 bits per heavy atom. The Balaban J connectivity index is 1.57. The van der Waals surface area contributed by atoms with Gasteiger partial charge in [-0.15, -0.1) is 0 Å². The van der Waals surface area contributed by atoms with Crippen LogP contribution in [0.15, 0.2) is 9.32 Å². The number of ether oxygens (including phenoxy) is 1. The molecule has 32 heavy (non-hydrogen) atoms. The minimum atomic E-state index is -4.73. The molecule has 2 aliphatic heterocycles. The Hall–Kier alpha value is -2.70. The summed E-state index contributed by atoms with van der Waals surface area (Å²) in [6, 6.07) is -2.45. The SMILES string of the molecule is CC1COCCN1c1nc2n(c(=O)c1F)C(C(F)(F)F)CCN2Cc1nc(C2CC2)no1. The molecule has 2 atom stereocenters. The van der Waals surface area contributed by atoms with Gasteiger partial charge >= 0.3 is 6.18 Å². The number of anilines is 2. The Bertz CT molecular complexity index is 1070. The number of hydrogen-bond acceptors (Lipinski definition) is 8. The topological polar surface area (TPSA) is 89.5 Å². The van der Waals surface area contributed by atoms with Gasteiger partial charge in [-0.1, -0.05) is 5.16 Å². The zero-order valence-corrected chi connectivity index (χ0v) is 17.3. The van der Waals surface area contributed by atoms with E-state index in [4.69, 9.17) is 9.26 Å². The van der Waals surface area contributed by atoms with Gasteiger partial charge in [-0.25, -0.2) is 0 Å². The molecule has 0 spiro atoms. The van der Waals surface area contributed by atoms with Crippen molar-refractivity contribution in [2.75, 3.05) is 36.1 Å². The molecule has 9 nitrogen and oxygen atoms in total. The highest BCUT2D eigenvalue weighted by molar-refractivity contribution is 5.48. The van der Waals surface area contributed by atoms with E-state index in [2.05, 4.69) is 15.1 Å². The molecule has 0 aromatic carbocycles. The number of nitrogens with zero attached hydrogens (tertiary/aromatic N) is 6. The molecule has 2 aromatic rings. The third-order valence-electron chi connectivity index (χ3n) is 6.06. The van der Waals surface area contributed by atoms with Gasteiger partial charge in [0.05, 0.1) is 19.3 Å². The standard InChI is InChI=1S/C19H22F4N6O3/c1-10-9-31-7-6-28(10)16-14(20)17(30)29-12(19(21,22)23)4-5-27(18(29)25-16)8-13-24-15(26-32-13)11-2-3-11/h10-12H,2-9H2,1H3. The summed E-state index contributed by atoms with van der Waals surface area (Å²) in [7, 11) is 0. The van der Waals surface area contributed by atoms with E-state index in [0.717, 1.165) is 12.8 Å². The summed E-state index contributed by atoms with van der Waals surface area (Å²) < 4.78 is 67.2. The number of fused-ring (bicyclic) bond motifs is 1. The van der Waals surface area contributed by atoms with Gasteiger partial charge in [0.2, 0.25) is 17.7 Å². The van der Waals surface area contributed by atoms with E-state index in [-0.39, 0.29) is 49.3 Å². The molecule has 2 fully saturated rings. The van der Waals surface area contributed by atoms with Gasteiger partial charge in [-0.05, 0) is 26.2 Å². The Kier molecular flexibility index (Phi) is 5.10. The van der Waals surface area contributed by atoms with Crippen LogP contribution in [0.4, 0.5) is 29.3 Å². The van der Waals surface area contributed by atoms with Crippen LogP contribution in [-0.4, -0.2) is 58.2 Å². The monoisotopic (exact) mass is 458 g/mol. The number of rotatable bonds is 4. The first-order valence-corrected chi connectivity index (χ1v) is 10.5. The summed E-state index contributed by atoms with van der Waals surface area (Å²) in [5, 5.41) is 3.92. The average molecular weight is 458 g/mol. The molecule has 0 amide bonds. The minimum Gasteiger partial charge on any atom is -0.377 e. The zero-order valence-electron chi connectivity index (χ0n) is 17.3. The Morgan fingerprint density at radius 3 is 2.62 bits per heavy atom. The van der Waals surface area contributed by atoms with E-state index in [1.54, 1.807) is 11.8 Å². The number of aromatic nitrogens is 4. The van der Waals surface area contributed by atoms with Crippen LogP contribution in [0.1, 0.15) is 49.9 Å². The zero-order chi connectivity index (χ0) is 22.6. The first-order valence-electron chi connectivity index (χ1n) is 10.5. The first kappa shape index (κ1) is 21.2. The lowest BCUT2D eigenvalue weighted by Gasteiger charge is -2.38. The molecular formula is C19H22F4N6O3. The Labute approximate surface area is 180 Å². The van der Waals surface area contributed by atoms with Crippen LogP contribution >= 0.6 is 0 Å². The second kappa shape index (κ2) is 7.71. The van der Waals surface area contributed by atoms with Crippen molar-refractivity contribution in [1.29, 1.82) is 0 Å². The molecule has 0 bridgehead atoms. The van der Waals surface area contributed by atoms with Crippen molar-refractivity contribution >= 4 is 11.8 Å². The second-order valence-corrected chi connectivity index (χ2v) is 8.43. The number of hydrogen-bond donors (Lipinski definition) is 0. The summed E-state index contributed by atoms with van der Waals surface area (Å²) in [6.45, 7) is 2.55. The van der Waals surface area contributed by atoms with Crippen LogP contribution in [0.2, 0.25) is 0 Å². The van der Waals surface area contributed by atoms with Gasteiger partial charge in [0.1, 0.15) is 12.6 Å². The van der Waals surface area contributed by atoms with Crippen LogP contribution < -0.4 is 15.4 Å². The molecule has 2 unspecified atom stereocenters. The van der Waals surface area contributed by atoms with E-state index in [1.165, 1.54) is 4.90 Å².